The summed E-state index contributed by atoms with van der Waals surface area (Å²) in [4.78, 5) is 0. The Kier molecular flexibility index (Phi) is 5.53. The Morgan fingerprint density at radius 3 is 2.26 bits per heavy atom. The molecule has 3 heteroatoms. The Bertz CT molecular complexity index is 416. The quantitative estimate of drug-likeness (QED) is 0.822. The van der Waals surface area contributed by atoms with Gasteiger partial charge < -0.3 is 9.53 Å². The van der Waals surface area contributed by atoms with Crippen molar-refractivity contribution >= 4 is 13.9 Å². The van der Waals surface area contributed by atoms with Gasteiger partial charge in [-0.05, 0) is 29.3 Å². The Balaban J connectivity index is 2.81. The van der Waals surface area contributed by atoms with Crippen molar-refractivity contribution < 1.29 is 9.53 Å². The smallest absolute Gasteiger partial charge is 0.192 e. The summed E-state index contributed by atoms with van der Waals surface area (Å²) >= 11 is 0. The van der Waals surface area contributed by atoms with Crippen molar-refractivity contribution in [3.63, 3.8) is 0 Å². The lowest BCUT2D eigenvalue weighted by atomic mass is 10.1. The minimum Gasteiger partial charge on any atom is -0.413 e. The van der Waals surface area contributed by atoms with E-state index in [4.69, 9.17) is 9.53 Å². The van der Waals surface area contributed by atoms with Crippen LogP contribution in [0.3, 0.4) is 0 Å². The Morgan fingerprint density at radius 1 is 1.21 bits per heavy atom. The lowest BCUT2D eigenvalue weighted by Crippen LogP contribution is -2.41. The second kappa shape index (κ2) is 6.50. The van der Waals surface area contributed by atoms with Gasteiger partial charge in [-0.15, -0.1) is 0 Å². The van der Waals surface area contributed by atoms with E-state index in [0.29, 0.717) is 6.61 Å². The maximum absolute atomic E-state index is 9.17. The van der Waals surface area contributed by atoms with Crippen LogP contribution in [0, 0.1) is 0 Å². The van der Waals surface area contributed by atoms with E-state index >= 15 is 0 Å². The third-order valence-corrected chi connectivity index (χ3v) is 8.36. The molecule has 0 aliphatic rings. The van der Waals surface area contributed by atoms with Crippen LogP contribution < -0.4 is 0 Å². The SMILES string of the molecule is CC(C)(C)[Si](C)(C)OCC(=CCO)c1ccccc1. The number of rotatable bonds is 5. The van der Waals surface area contributed by atoms with Gasteiger partial charge in [-0.1, -0.05) is 57.2 Å². The van der Waals surface area contributed by atoms with Crippen LogP contribution in [0.5, 0.6) is 0 Å². The van der Waals surface area contributed by atoms with Crippen LogP contribution in [0.1, 0.15) is 26.3 Å². The monoisotopic (exact) mass is 278 g/mol. The molecule has 1 N–H and O–H groups in total. The zero-order chi connectivity index (χ0) is 14.5. The van der Waals surface area contributed by atoms with Gasteiger partial charge in [0.2, 0.25) is 0 Å². The van der Waals surface area contributed by atoms with Crippen LogP contribution in [-0.4, -0.2) is 26.6 Å². The predicted octanol–water partition coefficient (Wildman–Crippen LogP) is 4.08. The van der Waals surface area contributed by atoms with Crippen LogP contribution in [0.2, 0.25) is 18.1 Å². The Labute approximate surface area is 118 Å². The van der Waals surface area contributed by atoms with Crippen molar-refractivity contribution in [1.82, 2.24) is 0 Å². The standard InChI is InChI=1S/C16H26O2Si/c1-16(2,3)19(4,5)18-13-15(11-12-17)14-9-7-6-8-10-14/h6-11,17H,12-13H2,1-5H3. The first-order valence-corrected chi connectivity index (χ1v) is 9.68. The average molecular weight is 278 g/mol. The number of hydrogen-bond donors (Lipinski definition) is 1. The highest BCUT2D eigenvalue weighted by Crippen LogP contribution is 2.37. The molecule has 0 unspecified atom stereocenters. The molecule has 0 aromatic heterocycles. The second-order valence-electron chi connectivity index (χ2n) is 6.33. The van der Waals surface area contributed by atoms with Crippen molar-refractivity contribution in [3.05, 3.63) is 42.0 Å². The van der Waals surface area contributed by atoms with Crippen LogP contribution in [0.25, 0.3) is 5.57 Å². The fourth-order valence-corrected chi connectivity index (χ4v) is 2.45. The Morgan fingerprint density at radius 2 is 1.79 bits per heavy atom. The maximum Gasteiger partial charge on any atom is 0.192 e. The topological polar surface area (TPSA) is 29.5 Å². The zero-order valence-electron chi connectivity index (χ0n) is 12.7. The van der Waals surface area contributed by atoms with Crippen LogP contribution >= 0.6 is 0 Å². The first kappa shape index (κ1) is 16.2. The molecule has 1 rings (SSSR count). The van der Waals surface area contributed by atoms with E-state index in [1.54, 1.807) is 0 Å². The van der Waals surface area contributed by atoms with Gasteiger partial charge in [-0.25, -0.2) is 0 Å². The molecule has 2 nitrogen and oxygen atoms in total. The van der Waals surface area contributed by atoms with E-state index in [2.05, 4.69) is 46.0 Å². The van der Waals surface area contributed by atoms with Crippen molar-refractivity contribution in [1.29, 1.82) is 0 Å². The molecule has 0 bridgehead atoms. The molecule has 0 aliphatic heterocycles. The fraction of sp³-hybridized carbons (Fsp3) is 0.500. The second-order valence-corrected chi connectivity index (χ2v) is 11.1. The van der Waals surface area contributed by atoms with Gasteiger partial charge in [0.25, 0.3) is 0 Å². The van der Waals surface area contributed by atoms with E-state index in [9.17, 15) is 0 Å². The largest absolute Gasteiger partial charge is 0.413 e. The van der Waals surface area contributed by atoms with Gasteiger partial charge in [0.1, 0.15) is 0 Å². The molecule has 0 saturated carbocycles. The summed E-state index contributed by atoms with van der Waals surface area (Å²) in [7, 11) is -1.75. The normalized spacial score (nSPS) is 13.7. The molecule has 0 amide bonds. The third-order valence-electron chi connectivity index (χ3n) is 3.88. The summed E-state index contributed by atoms with van der Waals surface area (Å²) in [5.41, 5.74) is 2.18. The molecular formula is C16H26O2Si. The Hall–Kier alpha value is -0.903. The first-order valence-electron chi connectivity index (χ1n) is 6.77. The van der Waals surface area contributed by atoms with Gasteiger partial charge in [0.05, 0.1) is 13.2 Å². The molecule has 1 aromatic carbocycles. The van der Waals surface area contributed by atoms with E-state index in [1.165, 1.54) is 0 Å². The first-order chi connectivity index (χ1) is 8.78. The molecule has 1 aromatic rings. The molecule has 0 radical (unpaired) electrons. The minimum absolute atomic E-state index is 0.0467. The summed E-state index contributed by atoms with van der Waals surface area (Å²) in [6.07, 6.45) is 1.84. The molecule has 19 heavy (non-hydrogen) atoms. The molecule has 0 aliphatic carbocycles. The molecule has 0 fully saturated rings. The third kappa shape index (κ3) is 4.60. The summed E-state index contributed by atoms with van der Waals surface area (Å²) in [6.45, 7) is 11.8. The average Bonchev–Trinajstić information content (AvgIpc) is 2.34. The summed E-state index contributed by atoms with van der Waals surface area (Å²) in [5, 5.41) is 9.37. The predicted molar refractivity (Wildman–Crippen MR) is 84.7 cm³/mol. The maximum atomic E-state index is 9.17. The van der Waals surface area contributed by atoms with E-state index in [0.717, 1.165) is 11.1 Å². The van der Waals surface area contributed by atoms with Crippen molar-refractivity contribution in [2.24, 2.45) is 0 Å². The van der Waals surface area contributed by atoms with Gasteiger partial charge >= 0.3 is 0 Å². The van der Waals surface area contributed by atoms with Crippen LogP contribution in [-0.2, 0) is 4.43 Å². The van der Waals surface area contributed by atoms with Crippen LogP contribution in [0.4, 0.5) is 0 Å². The summed E-state index contributed by atoms with van der Waals surface area (Å²) < 4.78 is 6.22. The highest BCUT2D eigenvalue weighted by Gasteiger charge is 2.37. The van der Waals surface area contributed by atoms with Gasteiger partial charge in [-0.2, -0.15) is 0 Å². The highest BCUT2D eigenvalue weighted by molar-refractivity contribution is 6.74. The van der Waals surface area contributed by atoms with Crippen molar-refractivity contribution in [2.45, 2.75) is 38.9 Å². The summed E-state index contributed by atoms with van der Waals surface area (Å²) in [6, 6.07) is 10.1. The van der Waals surface area contributed by atoms with Gasteiger partial charge in [0, 0.05) is 0 Å². The van der Waals surface area contributed by atoms with Crippen molar-refractivity contribution in [2.75, 3.05) is 13.2 Å². The van der Waals surface area contributed by atoms with Gasteiger partial charge in [-0.3, -0.25) is 0 Å². The van der Waals surface area contributed by atoms with Crippen molar-refractivity contribution in [3.8, 4) is 0 Å². The summed E-state index contributed by atoms with van der Waals surface area (Å²) in [5.74, 6) is 0. The number of benzene rings is 1. The highest BCUT2D eigenvalue weighted by atomic mass is 28.4. The molecule has 0 saturated heterocycles. The number of aliphatic hydroxyl groups is 1. The zero-order valence-corrected chi connectivity index (χ0v) is 13.7. The lowest BCUT2D eigenvalue weighted by molar-refractivity contribution is 0.327. The van der Waals surface area contributed by atoms with Crippen LogP contribution in [0.15, 0.2) is 36.4 Å². The van der Waals surface area contributed by atoms with E-state index in [1.807, 2.05) is 24.3 Å². The molecule has 0 heterocycles. The molecular weight excluding hydrogens is 252 g/mol. The lowest BCUT2D eigenvalue weighted by Gasteiger charge is -2.36. The molecule has 106 valence electrons. The van der Waals surface area contributed by atoms with E-state index in [-0.39, 0.29) is 11.6 Å². The number of aliphatic hydroxyl groups excluding tert-OH is 1. The fourth-order valence-electron chi connectivity index (χ4n) is 1.50. The molecule has 0 atom stereocenters. The minimum atomic E-state index is -1.75. The van der Waals surface area contributed by atoms with Gasteiger partial charge in [0.15, 0.2) is 8.32 Å². The molecule has 0 spiro atoms. The van der Waals surface area contributed by atoms with E-state index < -0.39 is 8.32 Å². The number of hydrogen-bond acceptors (Lipinski definition) is 2.